The van der Waals surface area contributed by atoms with Crippen molar-refractivity contribution < 1.29 is 25.0 Å². The number of para-hydroxylation sites is 3. The molecule has 0 aliphatic carbocycles. The molecule has 10 aromatic rings. The maximum absolute atomic E-state index is 9.22. The molecule has 0 amide bonds. The van der Waals surface area contributed by atoms with Gasteiger partial charge in [0.25, 0.3) is 0 Å². The van der Waals surface area contributed by atoms with E-state index >= 15 is 0 Å². The van der Waals surface area contributed by atoms with E-state index in [4.69, 9.17) is 33.6 Å². The van der Waals surface area contributed by atoms with Gasteiger partial charge in [0.05, 0.1) is 31.6 Å². The highest BCUT2D eigenvalue weighted by molar-refractivity contribution is 6.09. The minimum atomic E-state index is -0.542. The molecule has 0 aliphatic heterocycles. The first-order valence-electron chi connectivity index (χ1n) is 23.0. The van der Waals surface area contributed by atoms with E-state index < -0.39 is 90.6 Å². The zero-order chi connectivity index (χ0) is 46.1. The summed E-state index contributed by atoms with van der Waals surface area (Å²) in [6, 6.07) is 15.9. The number of hydrogen-bond acceptors (Lipinski definition) is 4. The van der Waals surface area contributed by atoms with Crippen LogP contribution in [0.4, 0.5) is 0 Å². The Hall–Kier alpha value is -6.85. The fourth-order valence-electron chi connectivity index (χ4n) is 6.06. The molecule has 0 N–H and O–H groups in total. The second-order valence-corrected chi connectivity index (χ2v) is 11.3. The Morgan fingerprint density at radius 3 is 1.72 bits per heavy atom. The molecule has 5 nitrogen and oxygen atoms in total. The van der Waals surface area contributed by atoms with E-state index in [-0.39, 0.29) is 66.8 Å². The van der Waals surface area contributed by atoms with Gasteiger partial charge in [-0.3, -0.25) is 0 Å². The van der Waals surface area contributed by atoms with Crippen LogP contribution in [0.1, 0.15) is 20.6 Å². The molecule has 0 fully saturated rings. The summed E-state index contributed by atoms with van der Waals surface area (Å²) in [7, 11) is 0. The molecule has 0 bridgehead atoms. The van der Waals surface area contributed by atoms with Crippen molar-refractivity contribution in [3.63, 3.8) is 0 Å². The average Bonchev–Trinajstić information content (AvgIpc) is 3.91. The van der Waals surface area contributed by atoms with Gasteiger partial charge < -0.3 is 8.98 Å². The topological polar surface area (TPSA) is 56.7 Å². The molecule has 234 valence electrons. The first-order chi connectivity index (χ1) is 31.0. The third-order valence-electron chi connectivity index (χ3n) is 8.39. The summed E-state index contributed by atoms with van der Waals surface area (Å²) in [4.78, 5) is 14.1. The van der Waals surface area contributed by atoms with Crippen LogP contribution in [0.25, 0.3) is 94.7 Å². The molecule has 0 radical (unpaired) electrons. The summed E-state index contributed by atoms with van der Waals surface area (Å²) >= 11 is 0. The van der Waals surface area contributed by atoms with Gasteiger partial charge in [0.15, 0.2) is 17.5 Å². The van der Waals surface area contributed by atoms with Gasteiger partial charge in [-0.05, 0) is 53.5 Å². The Morgan fingerprint density at radius 2 is 1.00 bits per heavy atom. The number of benzene rings is 7. The van der Waals surface area contributed by atoms with Gasteiger partial charge in [0.1, 0.15) is 11.2 Å². The first kappa shape index (κ1) is 17.0. The fraction of sp³-hybridized carbons (Fsp3) is 0. The maximum Gasteiger partial charge on any atom is 0.164 e. The average molecular weight is 656 g/mol. The third kappa shape index (κ3) is 4.67. The van der Waals surface area contributed by atoms with Crippen LogP contribution in [0.2, 0.25) is 0 Å². The van der Waals surface area contributed by atoms with Crippen molar-refractivity contribution in [2.75, 3.05) is 0 Å². The highest BCUT2D eigenvalue weighted by atomic mass is 16.3. The molecular weight excluding hydrogens is 613 g/mol. The van der Waals surface area contributed by atoms with Crippen molar-refractivity contribution in [1.82, 2.24) is 19.5 Å². The Morgan fingerprint density at radius 1 is 0.440 bits per heavy atom. The second kappa shape index (κ2) is 11.4. The molecule has 0 unspecified atom stereocenters. The molecule has 0 atom stereocenters. The van der Waals surface area contributed by atoms with Crippen LogP contribution in [0.3, 0.4) is 0 Å². The normalized spacial score (nSPS) is 15.8. The summed E-state index contributed by atoms with van der Waals surface area (Å²) in [6.07, 6.45) is 0. The van der Waals surface area contributed by atoms with Gasteiger partial charge in [-0.1, -0.05) is 127 Å². The van der Waals surface area contributed by atoms with Crippen molar-refractivity contribution in [2.24, 2.45) is 0 Å². The van der Waals surface area contributed by atoms with Gasteiger partial charge in [0.2, 0.25) is 0 Å². The smallest absolute Gasteiger partial charge is 0.164 e. The van der Waals surface area contributed by atoms with Gasteiger partial charge in [-0.2, -0.15) is 0 Å². The summed E-state index contributed by atoms with van der Waals surface area (Å²) < 4.78 is 137. The molecule has 3 aromatic heterocycles. The quantitative estimate of drug-likeness (QED) is 0.185. The third-order valence-corrected chi connectivity index (χ3v) is 8.39. The molecule has 0 saturated carbocycles. The highest BCUT2D eigenvalue weighted by Crippen LogP contribution is 2.35. The van der Waals surface area contributed by atoms with Gasteiger partial charge in [-0.25, -0.2) is 15.0 Å². The van der Waals surface area contributed by atoms with Crippen LogP contribution in [0.5, 0.6) is 0 Å². The van der Waals surface area contributed by atoms with Crippen LogP contribution < -0.4 is 0 Å². The summed E-state index contributed by atoms with van der Waals surface area (Å²) in [6.45, 7) is 0. The number of furan rings is 1. The van der Waals surface area contributed by atoms with Crippen LogP contribution in [0.15, 0.2) is 174 Å². The predicted molar refractivity (Wildman–Crippen MR) is 203 cm³/mol. The standard InChI is InChI=1S/C45H28N4O/c1-2-11-30(12-3-1)43-46-44(48-45(47-43)33-25-26-38-37-17-6-9-20-41(37)50-42(38)28-33)31-23-21-29(22-24-31)32-13-10-14-34(27-32)49-39-18-7-4-15-35(39)36-16-5-8-19-40(36)49/h1-28H/i4D,5D,6D,7D,8D,9D,15D,16D,17D,18D,19D,20D,25D,26D,28D. The van der Waals surface area contributed by atoms with E-state index in [9.17, 15) is 1.37 Å². The summed E-state index contributed by atoms with van der Waals surface area (Å²) in [5, 5.41) is -0.261. The highest BCUT2D eigenvalue weighted by Gasteiger charge is 2.16. The van der Waals surface area contributed by atoms with E-state index in [2.05, 4.69) is 4.98 Å². The molecule has 0 aliphatic rings. The lowest BCUT2D eigenvalue weighted by molar-refractivity contribution is 0.669. The van der Waals surface area contributed by atoms with Crippen LogP contribution in [0, 0.1) is 0 Å². The lowest BCUT2D eigenvalue weighted by Crippen LogP contribution is -2.00. The molecule has 0 saturated heterocycles. The van der Waals surface area contributed by atoms with Crippen molar-refractivity contribution in [3.05, 3.63) is 169 Å². The molecule has 7 aromatic carbocycles. The Bertz CT molecular complexity index is 3650. The Kier molecular flexibility index (Phi) is 3.87. The molecule has 10 rings (SSSR count). The first-order valence-corrected chi connectivity index (χ1v) is 15.5. The van der Waals surface area contributed by atoms with Crippen molar-refractivity contribution in [2.45, 2.75) is 0 Å². The SMILES string of the molecule is [2H]c1c([2H])c([2H])c2c(oc3c([2H])c(-c4nc(-c5ccccc5)nc(-c5ccc(-c6cccc(-n7c8c([2H])c([2H])c([2H])c([2H])c8c8c([2H])c([2H])c([2H])c([2H])c87)c6)cc5)n4)c([2H])c([2H])c32)c1[2H]. The van der Waals surface area contributed by atoms with E-state index in [1.165, 1.54) is 4.57 Å². The monoisotopic (exact) mass is 655 g/mol. The van der Waals surface area contributed by atoms with Crippen molar-refractivity contribution in [1.29, 1.82) is 0 Å². The molecular formula is C45H28N4O. The van der Waals surface area contributed by atoms with Crippen LogP contribution in [-0.2, 0) is 0 Å². The predicted octanol–water partition coefficient (Wildman–Crippen LogP) is 11.5. The van der Waals surface area contributed by atoms with E-state index in [1.54, 1.807) is 66.7 Å². The molecule has 3 heterocycles. The minimum absolute atomic E-state index is 0.000289. The molecule has 50 heavy (non-hydrogen) atoms. The summed E-state index contributed by atoms with van der Waals surface area (Å²) in [5.74, 6) is 0.217. The minimum Gasteiger partial charge on any atom is -0.456 e. The molecule has 5 heteroatoms. The van der Waals surface area contributed by atoms with Gasteiger partial charge >= 0.3 is 0 Å². The van der Waals surface area contributed by atoms with E-state index in [0.29, 0.717) is 27.9 Å². The van der Waals surface area contributed by atoms with Crippen LogP contribution >= 0.6 is 0 Å². The zero-order valence-electron chi connectivity index (χ0n) is 40.7. The Balaban J connectivity index is 1.12. The number of hydrogen-bond donors (Lipinski definition) is 0. The van der Waals surface area contributed by atoms with E-state index in [0.717, 1.165) is 0 Å². The maximum atomic E-state index is 9.22. The van der Waals surface area contributed by atoms with Crippen molar-refractivity contribution in [3.8, 4) is 51.0 Å². The number of nitrogens with zero attached hydrogens (tertiary/aromatic N) is 4. The van der Waals surface area contributed by atoms with E-state index in [1.807, 2.05) is 12.1 Å². The zero-order valence-corrected chi connectivity index (χ0v) is 25.7. The lowest BCUT2D eigenvalue weighted by atomic mass is 10.0. The second-order valence-electron chi connectivity index (χ2n) is 11.3. The number of aromatic nitrogens is 4. The Labute approximate surface area is 308 Å². The fourth-order valence-corrected chi connectivity index (χ4v) is 6.06. The largest absolute Gasteiger partial charge is 0.456 e. The number of fused-ring (bicyclic) bond motifs is 6. The number of rotatable bonds is 5. The van der Waals surface area contributed by atoms with Crippen molar-refractivity contribution >= 4 is 43.7 Å². The summed E-state index contributed by atoms with van der Waals surface area (Å²) in [5.41, 5.74) is 2.15. The van der Waals surface area contributed by atoms with Gasteiger partial charge in [-0.15, -0.1) is 0 Å². The molecule has 0 spiro atoms. The lowest BCUT2D eigenvalue weighted by Gasteiger charge is -2.11. The van der Waals surface area contributed by atoms with Gasteiger partial charge in [0, 0.05) is 43.9 Å². The van der Waals surface area contributed by atoms with Crippen LogP contribution in [-0.4, -0.2) is 19.5 Å².